The predicted molar refractivity (Wildman–Crippen MR) is 117 cm³/mol. The molecule has 0 saturated carbocycles. The number of carbonyl (C=O) groups excluding carboxylic acids is 1. The van der Waals surface area contributed by atoms with E-state index in [9.17, 15) is 14.9 Å². The first-order valence-corrected chi connectivity index (χ1v) is 10.6. The van der Waals surface area contributed by atoms with Gasteiger partial charge in [0.1, 0.15) is 5.76 Å². The minimum atomic E-state index is -0.543. The molecule has 0 spiro atoms. The maximum atomic E-state index is 13.2. The van der Waals surface area contributed by atoms with E-state index >= 15 is 0 Å². The lowest BCUT2D eigenvalue weighted by Gasteiger charge is -2.34. The Labute approximate surface area is 189 Å². The van der Waals surface area contributed by atoms with Crippen molar-refractivity contribution in [2.75, 3.05) is 26.2 Å². The summed E-state index contributed by atoms with van der Waals surface area (Å²) in [5.74, 6) is 0.0457. The molecule has 10 nitrogen and oxygen atoms in total. The van der Waals surface area contributed by atoms with Gasteiger partial charge in [0.25, 0.3) is 5.91 Å². The van der Waals surface area contributed by atoms with Crippen molar-refractivity contribution in [2.24, 2.45) is 0 Å². The number of halogens is 1. The van der Waals surface area contributed by atoms with E-state index in [-0.39, 0.29) is 24.0 Å². The third-order valence-corrected chi connectivity index (χ3v) is 5.84. The molecule has 0 radical (unpaired) electrons. The monoisotopic (exact) mass is 458 g/mol. The summed E-state index contributed by atoms with van der Waals surface area (Å²) in [6, 6.07) is 9.16. The van der Waals surface area contributed by atoms with Crippen molar-refractivity contribution in [3.8, 4) is 0 Å². The molecular formula is C21H23ClN6O4. The van der Waals surface area contributed by atoms with E-state index in [4.69, 9.17) is 16.1 Å². The van der Waals surface area contributed by atoms with Crippen molar-refractivity contribution in [3.63, 3.8) is 0 Å². The van der Waals surface area contributed by atoms with Gasteiger partial charge in [-0.05, 0) is 36.5 Å². The number of aromatic nitrogens is 3. The van der Waals surface area contributed by atoms with Gasteiger partial charge in [0, 0.05) is 37.7 Å². The predicted octanol–water partition coefficient (Wildman–Crippen LogP) is 3.06. The second kappa shape index (κ2) is 9.09. The molecule has 1 aliphatic rings. The lowest BCUT2D eigenvalue weighted by molar-refractivity contribution is -0.389. The molecular weight excluding hydrogens is 436 g/mol. The van der Waals surface area contributed by atoms with Crippen LogP contribution in [0.2, 0.25) is 5.02 Å². The SMILES string of the molecule is Cc1onc(C(=O)N2CCN(Cc3cccc(Cl)c3)CC2)c1Cn1nc([N+](=O)[O-])cc1C. The molecule has 4 rings (SSSR count). The smallest absolute Gasteiger partial charge is 0.361 e. The maximum absolute atomic E-state index is 13.2. The fourth-order valence-corrected chi connectivity index (χ4v) is 4.00. The van der Waals surface area contributed by atoms with Gasteiger partial charge in [-0.2, -0.15) is 4.68 Å². The van der Waals surface area contributed by atoms with Gasteiger partial charge in [-0.3, -0.25) is 9.69 Å². The van der Waals surface area contributed by atoms with E-state index in [1.807, 2.05) is 24.3 Å². The number of amides is 1. The summed E-state index contributed by atoms with van der Waals surface area (Å²) < 4.78 is 6.77. The highest BCUT2D eigenvalue weighted by Crippen LogP contribution is 2.21. The Morgan fingerprint density at radius 2 is 1.94 bits per heavy atom. The van der Waals surface area contributed by atoms with Crippen LogP contribution in [0.4, 0.5) is 5.82 Å². The Kier molecular flexibility index (Phi) is 6.24. The Hall–Kier alpha value is -3.24. The van der Waals surface area contributed by atoms with Gasteiger partial charge < -0.3 is 19.5 Å². The van der Waals surface area contributed by atoms with Gasteiger partial charge in [0.2, 0.25) is 0 Å². The summed E-state index contributed by atoms with van der Waals surface area (Å²) in [6.07, 6.45) is 0. The largest absolute Gasteiger partial charge is 0.390 e. The molecule has 1 saturated heterocycles. The normalized spacial score (nSPS) is 14.7. The van der Waals surface area contributed by atoms with Crippen LogP contribution in [0.3, 0.4) is 0 Å². The zero-order valence-electron chi connectivity index (χ0n) is 17.8. The van der Waals surface area contributed by atoms with Gasteiger partial charge in [-0.1, -0.05) is 28.9 Å². The number of rotatable bonds is 6. The van der Waals surface area contributed by atoms with Crippen LogP contribution in [0, 0.1) is 24.0 Å². The molecule has 168 valence electrons. The van der Waals surface area contributed by atoms with Crippen LogP contribution in [-0.4, -0.2) is 61.7 Å². The van der Waals surface area contributed by atoms with Crippen molar-refractivity contribution in [2.45, 2.75) is 26.9 Å². The number of carbonyl (C=O) groups is 1. The molecule has 2 aromatic heterocycles. The van der Waals surface area contributed by atoms with Crippen LogP contribution < -0.4 is 0 Å². The van der Waals surface area contributed by atoms with E-state index in [0.717, 1.165) is 25.2 Å². The summed E-state index contributed by atoms with van der Waals surface area (Å²) in [4.78, 5) is 27.7. The third-order valence-electron chi connectivity index (χ3n) is 5.61. The highest BCUT2D eigenvalue weighted by atomic mass is 35.5. The van der Waals surface area contributed by atoms with E-state index in [2.05, 4.69) is 15.2 Å². The second-order valence-corrected chi connectivity index (χ2v) is 8.26. The number of piperazine rings is 1. The summed E-state index contributed by atoms with van der Waals surface area (Å²) in [6.45, 7) is 6.98. The molecule has 11 heteroatoms. The zero-order chi connectivity index (χ0) is 22.8. The number of hydrogen-bond acceptors (Lipinski definition) is 7. The van der Waals surface area contributed by atoms with Gasteiger partial charge >= 0.3 is 5.82 Å². The number of nitro groups is 1. The molecule has 0 atom stereocenters. The molecule has 1 aliphatic heterocycles. The molecule has 1 fully saturated rings. The second-order valence-electron chi connectivity index (χ2n) is 7.82. The van der Waals surface area contributed by atoms with E-state index in [1.165, 1.54) is 10.7 Å². The number of nitrogens with zero attached hydrogens (tertiary/aromatic N) is 6. The Balaban J connectivity index is 1.43. The minimum Gasteiger partial charge on any atom is -0.361 e. The highest BCUT2D eigenvalue weighted by molar-refractivity contribution is 6.30. The third kappa shape index (κ3) is 4.66. The van der Waals surface area contributed by atoms with Gasteiger partial charge in [-0.25, -0.2) is 0 Å². The average molecular weight is 459 g/mol. The molecule has 0 N–H and O–H groups in total. The molecule has 32 heavy (non-hydrogen) atoms. The summed E-state index contributed by atoms with van der Waals surface area (Å²) in [5, 5.41) is 19.7. The molecule has 1 aromatic carbocycles. The van der Waals surface area contributed by atoms with Gasteiger partial charge in [-0.15, -0.1) is 0 Å². The maximum Gasteiger partial charge on any atom is 0.390 e. The first-order valence-electron chi connectivity index (χ1n) is 10.2. The first-order chi connectivity index (χ1) is 15.3. The van der Waals surface area contributed by atoms with Crippen molar-refractivity contribution in [1.82, 2.24) is 24.7 Å². The van der Waals surface area contributed by atoms with Crippen LogP contribution >= 0.6 is 11.6 Å². The molecule has 0 unspecified atom stereocenters. The van der Waals surface area contributed by atoms with Gasteiger partial charge in [0.05, 0.1) is 29.0 Å². The number of benzene rings is 1. The highest BCUT2D eigenvalue weighted by Gasteiger charge is 2.29. The standard InChI is InChI=1S/C21H23ClN6O4/c1-14-10-19(28(30)31)23-27(14)13-18-15(2)32-24-20(18)21(29)26-8-6-25(7-9-26)12-16-4-3-5-17(22)11-16/h3-5,10-11H,6-9,12-13H2,1-2H3. The fraction of sp³-hybridized carbons (Fsp3) is 0.381. The Morgan fingerprint density at radius 3 is 2.59 bits per heavy atom. The number of hydrogen-bond donors (Lipinski definition) is 0. The van der Waals surface area contributed by atoms with Crippen molar-refractivity contribution in [1.29, 1.82) is 0 Å². The molecule has 0 aliphatic carbocycles. The van der Waals surface area contributed by atoms with Crippen molar-refractivity contribution < 1.29 is 14.2 Å². The first kappa shape index (κ1) is 22.0. The van der Waals surface area contributed by atoms with E-state index in [1.54, 1.807) is 18.7 Å². The fourth-order valence-electron chi connectivity index (χ4n) is 3.79. The van der Waals surface area contributed by atoms with E-state index < -0.39 is 4.92 Å². The van der Waals surface area contributed by atoms with Crippen molar-refractivity contribution in [3.05, 3.63) is 73.7 Å². The lowest BCUT2D eigenvalue weighted by Crippen LogP contribution is -2.48. The Morgan fingerprint density at radius 1 is 1.19 bits per heavy atom. The molecule has 3 heterocycles. The lowest BCUT2D eigenvalue weighted by atomic mass is 10.1. The molecule has 3 aromatic rings. The van der Waals surface area contributed by atoms with Crippen LogP contribution in [0.1, 0.15) is 33.1 Å². The molecule has 1 amide bonds. The van der Waals surface area contributed by atoms with Crippen LogP contribution in [0.15, 0.2) is 34.9 Å². The quantitative estimate of drug-likeness (QED) is 0.412. The van der Waals surface area contributed by atoms with Crippen LogP contribution in [0.5, 0.6) is 0 Å². The number of aryl methyl sites for hydroxylation is 2. The average Bonchev–Trinajstić information content (AvgIpc) is 3.31. The summed E-state index contributed by atoms with van der Waals surface area (Å²) >= 11 is 6.07. The summed E-state index contributed by atoms with van der Waals surface area (Å²) in [5.41, 5.74) is 2.56. The van der Waals surface area contributed by atoms with Crippen molar-refractivity contribution >= 4 is 23.3 Å². The topological polar surface area (TPSA) is 111 Å². The van der Waals surface area contributed by atoms with E-state index in [0.29, 0.717) is 35.1 Å². The minimum absolute atomic E-state index is 0.171. The molecule has 0 bridgehead atoms. The zero-order valence-corrected chi connectivity index (χ0v) is 18.6. The van der Waals surface area contributed by atoms with Crippen LogP contribution in [-0.2, 0) is 13.1 Å². The summed E-state index contributed by atoms with van der Waals surface area (Å²) in [7, 11) is 0. The van der Waals surface area contributed by atoms with Gasteiger partial charge in [0.15, 0.2) is 5.69 Å². The Bertz CT molecular complexity index is 1150. The van der Waals surface area contributed by atoms with Crippen LogP contribution in [0.25, 0.3) is 0 Å².